The molecule has 4 aromatic rings. The van der Waals surface area contributed by atoms with Gasteiger partial charge < -0.3 is 24.5 Å². The van der Waals surface area contributed by atoms with Gasteiger partial charge in [-0.1, -0.05) is 12.1 Å². The number of aryl methyl sites for hydroxylation is 2. The van der Waals surface area contributed by atoms with Crippen molar-refractivity contribution in [2.75, 3.05) is 25.3 Å². The van der Waals surface area contributed by atoms with Crippen LogP contribution >= 0.6 is 11.8 Å². The van der Waals surface area contributed by atoms with E-state index in [4.69, 9.17) is 24.9 Å². The summed E-state index contributed by atoms with van der Waals surface area (Å²) in [5.74, 6) is 1.74. The number of aromatic nitrogens is 4. The number of amides is 1. The van der Waals surface area contributed by atoms with E-state index in [-0.39, 0.29) is 0 Å². The topological polar surface area (TPSA) is 126 Å². The molecule has 2 aromatic carbocycles. The molecule has 194 valence electrons. The lowest BCUT2D eigenvalue weighted by Gasteiger charge is -2.19. The molecule has 0 aliphatic rings. The third-order valence-electron chi connectivity index (χ3n) is 5.32. The van der Waals surface area contributed by atoms with Gasteiger partial charge in [0.05, 0.1) is 19.1 Å². The molecular formula is C26H30N6O4S. The highest BCUT2D eigenvalue weighted by Gasteiger charge is 2.19. The summed E-state index contributed by atoms with van der Waals surface area (Å²) in [5, 5.41) is 3.46. The summed E-state index contributed by atoms with van der Waals surface area (Å²) < 4.78 is 18.3. The average molecular weight is 523 g/mol. The van der Waals surface area contributed by atoms with Gasteiger partial charge in [-0.2, -0.15) is 0 Å². The van der Waals surface area contributed by atoms with Crippen molar-refractivity contribution in [1.82, 2.24) is 19.5 Å². The highest BCUT2D eigenvalue weighted by molar-refractivity contribution is 7.99. The van der Waals surface area contributed by atoms with Crippen LogP contribution in [0.3, 0.4) is 0 Å². The summed E-state index contributed by atoms with van der Waals surface area (Å²) in [4.78, 5) is 26.2. The third-order valence-corrected chi connectivity index (χ3v) is 6.35. The van der Waals surface area contributed by atoms with Crippen LogP contribution in [-0.2, 0) is 17.7 Å². The van der Waals surface area contributed by atoms with Crippen LogP contribution in [0.25, 0.3) is 11.2 Å². The number of imidazole rings is 1. The number of hydrogen-bond acceptors (Lipinski definition) is 9. The Morgan fingerprint density at radius 3 is 2.51 bits per heavy atom. The molecule has 0 spiro atoms. The van der Waals surface area contributed by atoms with E-state index in [9.17, 15) is 4.79 Å². The van der Waals surface area contributed by atoms with Crippen molar-refractivity contribution in [2.24, 2.45) is 0 Å². The first-order chi connectivity index (χ1) is 17.7. The number of carbonyl (C=O) groups excluding carboxylic acids is 1. The van der Waals surface area contributed by atoms with Crippen molar-refractivity contribution in [3.8, 4) is 11.5 Å². The second-order valence-corrected chi connectivity index (χ2v) is 10.2. The molecule has 2 aromatic heterocycles. The molecule has 0 saturated carbocycles. The lowest BCUT2D eigenvalue weighted by atomic mass is 10.1. The first-order valence-electron chi connectivity index (χ1n) is 11.6. The number of nitrogens with zero attached hydrogens (tertiary/aromatic N) is 4. The van der Waals surface area contributed by atoms with Crippen molar-refractivity contribution in [3.63, 3.8) is 0 Å². The summed E-state index contributed by atoms with van der Waals surface area (Å²) in [6.45, 7) is 6.07. The number of rotatable bonds is 8. The molecule has 0 saturated heterocycles. The number of carbonyl (C=O) groups is 1. The number of methoxy groups -OCH3 is 2. The van der Waals surface area contributed by atoms with Crippen molar-refractivity contribution in [3.05, 3.63) is 54.4 Å². The smallest absolute Gasteiger partial charge is 0.412 e. The van der Waals surface area contributed by atoms with Crippen LogP contribution in [0.2, 0.25) is 0 Å². The van der Waals surface area contributed by atoms with Gasteiger partial charge in [-0.3, -0.25) is 5.32 Å². The average Bonchev–Trinajstić information content (AvgIpc) is 3.20. The summed E-state index contributed by atoms with van der Waals surface area (Å²) in [7, 11) is 3.25. The Morgan fingerprint density at radius 1 is 1.08 bits per heavy atom. The van der Waals surface area contributed by atoms with Crippen LogP contribution in [0.5, 0.6) is 11.5 Å². The van der Waals surface area contributed by atoms with Crippen LogP contribution in [0, 0.1) is 0 Å². The van der Waals surface area contributed by atoms with E-state index in [2.05, 4.69) is 15.3 Å². The first-order valence-corrected chi connectivity index (χ1v) is 12.4. The Hall–Kier alpha value is -3.99. The quantitative estimate of drug-likeness (QED) is 0.322. The number of ether oxygens (including phenoxy) is 3. The maximum Gasteiger partial charge on any atom is 0.412 e. The maximum atomic E-state index is 12.0. The minimum absolute atomic E-state index is 0.320. The number of fused-ring (bicyclic) bond motifs is 1. The van der Waals surface area contributed by atoms with Gasteiger partial charge in [-0.05, 0) is 74.8 Å². The Bertz CT molecular complexity index is 1400. The number of hydrogen-bond donors (Lipinski definition) is 2. The lowest BCUT2D eigenvalue weighted by molar-refractivity contribution is 0.0636. The van der Waals surface area contributed by atoms with Crippen molar-refractivity contribution in [2.45, 2.75) is 49.4 Å². The fourth-order valence-corrected chi connectivity index (χ4v) is 4.64. The molecule has 3 N–H and O–H groups in total. The van der Waals surface area contributed by atoms with E-state index in [0.717, 1.165) is 10.5 Å². The second-order valence-electron chi connectivity index (χ2n) is 9.17. The number of nitrogen functional groups attached to an aromatic ring is 1. The van der Waals surface area contributed by atoms with Crippen molar-refractivity contribution >= 4 is 40.5 Å². The highest BCUT2D eigenvalue weighted by atomic mass is 32.2. The minimum Gasteiger partial charge on any atom is -0.497 e. The molecule has 0 fully saturated rings. The van der Waals surface area contributed by atoms with E-state index in [1.807, 2.05) is 67.8 Å². The fraction of sp³-hybridized carbons (Fsp3) is 0.308. The molecular weight excluding hydrogens is 492 g/mol. The normalized spacial score (nSPS) is 11.4. The van der Waals surface area contributed by atoms with Gasteiger partial charge >= 0.3 is 6.09 Å². The molecule has 2 heterocycles. The van der Waals surface area contributed by atoms with E-state index >= 15 is 0 Å². The van der Waals surface area contributed by atoms with E-state index in [1.54, 1.807) is 14.2 Å². The predicted molar refractivity (Wildman–Crippen MR) is 143 cm³/mol. The van der Waals surface area contributed by atoms with Crippen LogP contribution in [0.1, 0.15) is 26.3 Å². The highest BCUT2D eigenvalue weighted by Crippen LogP contribution is 2.38. The van der Waals surface area contributed by atoms with Gasteiger partial charge in [0, 0.05) is 12.2 Å². The minimum atomic E-state index is -0.560. The molecule has 0 aliphatic carbocycles. The molecule has 0 aliphatic heterocycles. The lowest BCUT2D eigenvalue weighted by Crippen LogP contribution is -2.27. The zero-order chi connectivity index (χ0) is 26.6. The third kappa shape index (κ3) is 6.42. The number of benzene rings is 2. The van der Waals surface area contributed by atoms with Gasteiger partial charge in [0.25, 0.3) is 0 Å². The molecule has 0 radical (unpaired) electrons. The SMILES string of the molecule is COc1ccc(OC)c(Sc2nc3c(N)ncnc3n2CCc2ccc(NC(=O)OC(C)(C)C)cc2)c1. The maximum absolute atomic E-state index is 12.0. The van der Waals surface area contributed by atoms with Gasteiger partial charge in [0.1, 0.15) is 23.4 Å². The number of nitrogens with two attached hydrogens (primary N) is 1. The summed E-state index contributed by atoms with van der Waals surface area (Å²) in [6, 6.07) is 13.2. The van der Waals surface area contributed by atoms with E-state index < -0.39 is 11.7 Å². The molecule has 4 rings (SSSR count). The van der Waals surface area contributed by atoms with Crippen molar-refractivity contribution < 1.29 is 19.0 Å². The zero-order valence-corrected chi connectivity index (χ0v) is 22.3. The number of anilines is 2. The second kappa shape index (κ2) is 11.0. The van der Waals surface area contributed by atoms with Crippen LogP contribution in [-0.4, -0.2) is 45.4 Å². The molecule has 10 nitrogen and oxygen atoms in total. The van der Waals surface area contributed by atoms with E-state index in [1.165, 1.54) is 18.1 Å². The molecule has 11 heteroatoms. The molecule has 0 atom stereocenters. The first kappa shape index (κ1) is 26.1. The predicted octanol–water partition coefficient (Wildman–Crippen LogP) is 5.17. The monoisotopic (exact) mass is 522 g/mol. The van der Waals surface area contributed by atoms with Gasteiger partial charge in [-0.15, -0.1) is 0 Å². The molecule has 1 amide bonds. The largest absolute Gasteiger partial charge is 0.497 e. The summed E-state index contributed by atoms with van der Waals surface area (Å²) in [6.07, 6.45) is 1.65. The molecule has 37 heavy (non-hydrogen) atoms. The van der Waals surface area contributed by atoms with Gasteiger partial charge in [0.2, 0.25) is 0 Å². The van der Waals surface area contributed by atoms with Crippen LogP contribution in [0.4, 0.5) is 16.3 Å². The Balaban J connectivity index is 1.56. The van der Waals surface area contributed by atoms with Crippen LogP contribution in [0.15, 0.2) is 58.8 Å². The molecule has 0 bridgehead atoms. The Morgan fingerprint density at radius 2 is 1.84 bits per heavy atom. The summed E-state index contributed by atoms with van der Waals surface area (Å²) in [5.41, 5.74) is 8.48. The standard InChI is InChI=1S/C26H30N6O4S/c1-26(2,3)36-25(33)30-17-8-6-16(7-9-17)12-13-32-23-21(22(27)28-15-29-23)31-24(32)37-20-14-18(34-4)10-11-19(20)35-5/h6-11,14-15H,12-13H2,1-5H3,(H,30,33)(H2,27,28,29). The van der Waals surface area contributed by atoms with Crippen molar-refractivity contribution in [1.29, 1.82) is 0 Å². The zero-order valence-electron chi connectivity index (χ0n) is 21.4. The Kier molecular flexibility index (Phi) is 7.72. The van der Waals surface area contributed by atoms with E-state index in [0.29, 0.717) is 52.3 Å². The molecule has 0 unspecified atom stereocenters. The van der Waals surface area contributed by atoms with Gasteiger partial charge in [-0.25, -0.2) is 19.7 Å². The Labute approximate surface area is 219 Å². The van der Waals surface area contributed by atoms with Gasteiger partial charge in [0.15, 0.2) is 22.1 Å². The number of nitrogens with one attached hydrogen (secondary N) is 1. The fourth-order valence-electron chi connectivity index (χ4n) is 3.59. The van der Waals surface area contributed by atoms with Crippen LogP contribution < -0.4 is 20.5 Å². The summed E-state index contributed by atoms with van der Waals surface area (Å²) >= 11 is 1.44.